The maximum atomic E-state index is 12.8. The normalized spacial score (nSPS) is 21.9. The Bertz CT molecular complexity index is 1220. The van der Waals surface area contributed by atoms with Crippen LogP contribution in [0.3, 0.4) is 0 Å². The topological polar surface area (TPSA) is 108 Å². The Hall–Kier alpha value is -3.92. The van der Waals surface area contributed by atoms with Crippen molar-refractivity contribution in [2.24, 2.45) is 5.92 Å². The lowest BCUT2D eigenvalue weighted by molar-refractivity contribution is -0.122. The number of hydrogen-bond acceptors (Lipinski definition) is 5. The lowest BCUT2D eigenvalue weighted by atomic mass is 9.74. The van der Waals surface area contributed by atoms with E-state index >= 15 is 0 Å². The fourth-order valence-corrected chi connectivity index (χ4v) is 4.57. The number of aromatic nitrogens is 2. The van der Waals surface area contributed by atoms with Crippen LogP contribution in [0, 0.1) is 17.2 Å². The first-order chi connectivity index (χ1) is 15.1. The van der Waals surface area contributed by atoms with E-state index in [1.165, 1.54) is 0 Å². The Balaban J connectivity index is 1.25. The molecule has 2 aliphatic rings. The third-order valence-corrected chi connectivity index (χ3v) is 6.19. The van der Waals surface area contributed by atoms with Gasteiger partial charge in [-0.05, 0) is 43.9 Å². The summed E-state index contributed by atoms with van der Waals surface area (Å²) in [5.74, 6) is 0.591. The van der Waals surface area contributed by atoms with Gasteiger partial charge in [-0.25, -0.2) is 9.78 Å². The summed E-state index contributed by atoms with van der Waals surface area (Å²) in [6.45, 7) is 0. The Morgan fingerprint density at radius 2 is 2.00 bits per heavy atom. The fraction of sp³-hybridized carbons (Fsp3) is 0.250. The van der Waals surface area contributed by atoms with Crippen molar-refractivity contribution in [1.29, 1.82) is 5.26 Å². The molecule has 1 aliphatic heterocycles. The molecule has 7 heteroatoms. The number of anilines is 1. The number of imidazole rings is 1. The van der Waals surface area contributed by atoms with Crippen LogP contribution in [-0.4, -0.2) is 21.8 Å². The van der Waals surface area contributed by atoms with Crippen molar-refractivity contribution < 1.29 is 14.3 Å². The van der Waals surface area contributed by atoms with Gasteiger partial charge in [0.15, 0.2) is 0 Å². The van der Waals surface area contributed by atoms with Crippen LogP contribution in [-0.2, 0) is 15.1 Å². The third kappa shape index (κ3) is 3.36. The average Bonchev–Trinajstić information content (AvgIpc) is 3.38. The molecule has 2 heterocycles. The molecule has 0 radical (unpaired) electrons. The summed E-state index contributed by atoms with van der Waals surface area (Å²) < 4.78 is 5.77. The molecule has 31 heavy (non-hydrogen) atoms. The second kappa shape index (κ2) is 7.40. The van der Waals surface area contributed by atoms with Crippen molar-refractivity contribution >= 4 is 17.7 Å². The molecule has 1 aromatic heterocycles. The summed E-state index contributed by atoms with van der Waals surface area (Å²) in [7, 11) is 0. The lowest BCUT2D eigenvalue weighted by Gasteiger charge is -2.35. The second-order valence-electron chi connectivity index (χ2n) is 8.03. The number of benzene rings is 2. The number of aromatic amines is 1. The van der Waals surface area contributed by atoms with Gasteiger partial charge in [-0.3, -0.25) is 4.79 Å². The third-order valence-electron chi connectivity index (χ3n) is 6.19. The monoisotopic (exact) mass is 412 g/mol. The molecule has 3 aromatic rings. The van der Waals surface area contributed by atoms with Gasteiger partial charge in [0, 0.05) is 17.0 Å². The number of nitrogens with zero attached hydrogens (tertiary/aromatic N) is 2. The molecule has 1 saturated carbocycles. The first kappa shape index (κ1) is 19.1. The first-order valence-electron chi connectivity index (χ1n) is 10.3. The van der Waals surface area contributed by atoms with Gasteiger partial charge < -0.3 is 15.0 Å². The van der Waals surface area contributed by atoms with E-state index in [-0.39, 0.29) is 17.8 Å². The molecule has 0 saturated heterocycles. The number of fused-ring (bicyclic) bond motifs is 2. The molecule has 1 spiro atoms. The van der Waals surface area contributed by atoms with Gasteiger partial charge in [-0.2, -0.15) is 5.26 Å². The first-order valence-corrected chi connectivity index (χ1v) is 10.3. The van der Waals surface area contributed by atoms with Crippen molar-refractivity contribution in [3.8, 4) is 17.5 Å². The number of hydrogen-bond donors (Lipinski definition) is 2. The molecule has 154 valence electrons. The van der Waals surface area contributed by atoms with Gasteiger partial charge in [0.05, 0.1) is 23.4 Å². The highest BCUT2D eigenvalue weighted by atomic mass is 16.6. The van der Waals surface area contributed by atoms with E-state index in [2.05, 4.69) is 21.4 Å². The quantitative estimate of drug-likeness (QED) is 0.629. The number of ether oxygens (including phenoxy) is 1. The molecule has 0 bridgehead atoms. The molecule has 1 amide bonds. The summed E-state index contributed by atoms with van der Waals surface area (Å²) in [6, 6.07) is 16.7. The molecule has 5 rings (SSSR count). The number of carbonyl (C=O) groups excluding carboxylic acids is 2. The lowest BCUT2D eigenvalue weighted by Crippen LogP contribution is -2.36. The fourth-order valence-electron chi connectivity index (χ4n) is 4.57. The highest BCUT2D eigenvalue weighted by Crippen LogP contribution is 2.48. The number of esters is 1. The molecule has 0 atom stereocenters. The maximum Gasteiger partial charge on any atom is 0.339 e. The number of nitrogens with one attached hydrogen (secondary N) is 2. The number of H-pyrrole nitrogens is 1. The zero-order valence-electron chi connectivity index (χ0n) is 16.7. The second-order valence-corrected chi connectivity index (χ2v) is 8.03. The summed E-state index contributed by atoms with van der Waals surface area (Å²) in [5, 5.41) is 12.0. The molecule has 0 unspecified atom stereocenters. The van der Waals surface area contributed by atoms with Crippen molar-refractivity contribution in [2.45, 2.75) is 31.3 Å². The number of rotatable bonds is 3. The SMILES string of the molecule is N#Cc1cccc(-c2ncc(NC(=O)C3CCC4(CC3)OC(=O)c3ccccc34)[nH]2)c1. The minimum atomic E-state index is -0.600. The van der Waals surface area contributed by atoms with Crippen molar-refractivity contribution in [3.63, 3.8) is 0 Å². The zero-order valence-corrected chi connectivity index (χ0v) is 16.7. The van der Waals surface area contributed by atoms with Crippen LogP contribution < -0.4 is 5.32 Å². The van der Waals surface area contributed by atoms with Crippen LogP contribution in [0.5, 0.6) is 0 Å². The van der Waals surface area contributed by atoms with E-state index in [9.17, 15) is 9.59 Å². The van der Waals surface area contributed by atoms with Crippen LogP contribution in [0.1, 0.15) is 47.2 Å². The number of amides is 1. The molecule has 7 nitrogen and oxygen atoms in total. The van der Waals surface area contributed by atoms with Crippen molar-refractivity contribution in [1.82, 2.24) is 9.97 Å². The molecule has 2 aromatic carbocycles. The Kier molecular flexibility index (Phi) is 4.55. The molecule has 1 fully saturated rings. The van der Waals surface area contributed by atoms with E-state index in [1.807, 2.05) is 24.3 Å². The molecular weight excluding hydrogens is 392 g/mol. The van der Waals surface area contributed by atoms with Crippen LogP contribution >= 0.6 is 0 Å². The predicted molar refractivity (Wildman–Crippen MR) is 113 cm³/mol. The summed E-state index contributed by atoms with van der Waals surface area (Å²) in [4.78, 5) is 32.5. The average molecular weight is 412 g/mol. The smallest absolute Gasteiger partial charge is 0.339 e. The van der Waals surface area contributed by atoms with Gasteiger partial charge in [0.2, 0.25) is 5.91 Å². The highest BCUT2D eigenvalue weighted by molar-refractivity contribution is 5.95. The predicted octanol–water partition coefficient (Wildman–Crippen LogP) is 4.14. The van der Waals surface area contributed by atoms with E-state index < -0.39 is 5.60 Å². The van der Waals surface area contributed by atoms with Gasteiger partial charge in [0.1, 0.15) is 17.2 Å². The molecule has 2 N–H and O–H groups in total. The summed E-state index contributed by atoms with van der Waals surface area (Å²) in [5.41, 5.74) is 2.30. The van der Waals surface area contributed by atoms with Crippen LogP contribution in [0.15, 0.2) is 54.7 Å². The standard InChI is InChI=1S/C24H20N4O3/c25-13-15-4-3-5-17(12-15)21-26-14-20(27-21)28-22(29)16-8-10-24(11-9-16)19-7-2-1-6-18(19)23(30)31-24/h1-7,12,14,16H,8-11H2,(H,26,27)(H,28,29). The van der Waals surface area contributed by atoms with Gasteiger partial charge in [0.25, 0.3) is 0 Å². The highest BCUT2D eigenvalue weighted by Gasteiger charge is 2.48. The van der Waals surface area contributed by atoms with E-state index in [0.29, 0.717) is 48.5 Å². The van der Waals surface area contributed by atoms with Crippen LogP contribution in [0.25, 0.3) is 11.4 Å². The van der Waals surface area contributed by atoms with Crippen molar-refractivity contribution in [3.05, 3.63) is 71.4 Å². The number of carbonyl (C=O) groups is 2. The van der Waals surface area contributed by atoms with Gasteiger partial charge >= 0.3 is 5.97 Å². The molecule has 1 aliphatic carbocycles. The summed E-state index contributed by atoms with van der Waals surface area (Å²) in [6.07, 6.45) is 4.11. The van der Waals surface area contributed by atoms with Crippen LogP contribution in [0.2, 0.25) is 0 Å². The van der Waals surface area contributed by atoms with E-state index in [0.717, 1.165) is 11.1 Å². The van der Waals surface area contributed by atoms with Crippen molar-refractivity contribution in [2.75, 3.05) is 5.32 Å². The minimum Gasteiger partial charge on any atom is -0.451 e. The van der Waals surface area contributed by atoms with Gasteiger partial charge in [-0.1, -0.05) is 30.3 Å². The minimum absolute atomic E-state index is 0.0755. The largest absolute Gasteiger partial charge is 0.451 e. The molecular formula is C24H20N4O3. The van der Waals surface area contributed by atoms with Crippen LogP contribution in [0.4, 0.5) is 5.82 Å². The number of nitriles is 1. The zero-order chi connectivity index (χ0) is 21.4. The van der Waals surface area contributed by atoms with E-state index in [4.69, 9.17) is 10.00 Å². The van der Waals surface area contributed by atoms with Gasteiger partial charge in [-0.15, -0.1) is 0 Å². The summed E-state index contributed by atoms with van der Waals surface area (Å²) >= 11 is 0. The Morgan fingerprint density at radius 3 is 2.81 bits per heavy atom. The Morgan fingerprint density at radius 1 is 1.19 bits per heavy atom. The maximum absolute atomic E-state index is 12.8. The van der Waals surface area contributed by atoms with E-state index in [1.54, 1.807) is 30.5 Å². The Labute approximate surface area is 179 Å².